The van der Waals surface area contributed by atoms with Gasteiger partial charge in [0.2, 0.25) is 11.7 Å². The summed E-state index contributed by atoms with van der Waals surface area (Å²) in [5.74, 6) is 0.279. The number of unbranched alkanes of at least 4 members (excludes halogenated alkanes) is 1. The minimum absolute atomic E-state index is 0.0270. The number of hydrogen-bond donors (Lipinski definition) is 1. The maximum absolute atomic E-state index is 13.1. The lowest BCUT2D eigenvalue weighted by molar-refractivity contribution is 0.346. The standard InChI is InChI=1S/C13H15ClFN3O/c1-2-3-4-11(16)13-17-12(18-19-13)8-5-6-10(15)9(14)7-8/h5-7,11H,2-4,16H2,1H3. The molecule has 0 aliphatic rings. The van der Waals surface area contributed by atoms with Gasteiger partial charge in [-0.25, -0.2) is 4.39 Å². The molecule has 0 fully saturated rings. The Kier molecular flexibility index (Phi) is 4.50. The topological polar surface area (TPSA) is 64.9 Å². The Labute approximate surface area is 115 Å². The van der Waals surface area contributed by atoms with Gasteiger partial charge in [0.25, 0.3) is 0 Å². The third kappa shape index (κ3) is 3.30. The molecule has 1 heterocycles. The van der Waals surface area contributed by atoms with E-state index in [4.69, 9.17) is 21.9 Å². The highest BCUT2D eigenvalue weighted by molar-refractivity contribution is 6.31. The van der Waals surface area contributed by atoms with Crippen LogP contribution in [0.1, 0.15) is 38.1 Å². The molecule has 4 nitrogen and oxygen atoms in total. The number of rotatable bonds is 5. The summed E-state index contributed by atoms with van der Waals surface area (Å²) in [6, 6.07) is 4.01. The SMILES string of the molecule is CCCCC(N)c1nc(-c2ccc(F)c(Cl)c2)no1. The number of aromatic nitrogens is 2. The lowest BCUT2D eigenvalue weighted by Gasteiger charge is -2.03. The average Bonchev–Trinajstić information content (AvgIpc) is 2.89. The van der Waals surface area contributed by atoms with Gasteiger partial charge in [-0.05, 0) is 24.6 Å². The van der Waals surface area contributed by atoms with Crippen LogP contribution >= 0.6 is 11.6 Å². The molecule has 0 aliphatic heterocycles. The van der Waals surface area contributed by atoms with Crippen molar-refractivity contribution in [3.05, 3.63) is 34.9 Å². The van der Waals surface area contributed by atoms with E-state index in [0.717, 1.165) is 19.3 Å². The molecule has 2 aromatic rings. The van der Waals surface area contributed by atoms with Crippen molar-refractivity contribution in [1.82, 2.24) is 10.1 Å². The van der Waals surface area contributed by atoms with Crippen LogP contribution in [0.3, 0.4) is 0 Å². The third-order valence-electron chi connectivity index (χ3n) is 2.81. The van der Waals surface area contributed by atoms with Crippen molar-refractivity contribution in [1.29, 1.82) is 0 Å². The summed E-state index contributed by atoms with van der Waals surface area (Å²) in [4.78, 5) is 4.22. The summed E-state index contributed by atoms with van der Waals surface area (Å²) in [6.07, 6.45) is 2.85. The Morgan fingerprint density at radius 3 is 2.95 bits per heavy atom. The van der Waals surface area contributed by atoms with Crippen molar-refractivity contribution in [2.24, 2.45) is 5.73 Å². The molecule has 1 unspecified atom stereocenters. The maximum Gasteiger partial charge on any atom is 0.243 e. The first-order valence-corrected chi connectivity index (χ1v) is 6.54. The Hall–Kier alpha value is -1.46. The van der Waals surface area contributed by atoms with Crippen LogP contribution < -0.4 is 5.73 Å². The van der Waals surface area contributed by atoms with E-state index >= 15 is 0 Å². The first-order valence-electron chi connectivity index (χ1n) is 6.16. The van der Waals surface area contributed by atoms with Gasteiger partial charge in [-0.15, -0.1) is 0 Å². The van der Waals surface area contributed by atoms with Gasteiger partial charge in [0, 0.05) is 5.56 Å². The molecule has 6 heteroatoms. The van der Waals surface area contributed by atoms with Crippen LogP contribution in [0.2, 0.25) is 5.02 Å². The highest BCUT2D eigenvalue weighted by Gasteiger charge is 2.15. The number of hydrogen-bond acceptors (Lipinski definition) is 4. The van der Waals surface area contributed by atoms with Crippen molar-refractivity contribution in [3.63, 3.8) is 0 Å². The Bertz CT molecular complexity index is 559. The van der Waals surface area contributed by atoms with E-state index in [1.165, 1.54) is 12.1 Å². The second-order valence-electron chi connectivity index (χ2n) is 4.33. The van der Waals surface area contributed by atoms with Crippen LogP contribution in [0.5, 0.6) is 0 Å². The van der Waals surface area contributed by atoms with E-state index in [0.29, 0.717) is 17.3 Å². The van der Waals surface area contributed by atoms with Gasteiger partial charge in [0.15, 0.2) is 0 Å². The molecule has 102 valence electrons. The fourth-order valence-corrected chi connectivity index (χ4v) is 1.87. The van der Waals surface area contributed by atoms with Gasteiger partial charge in [-0.1, -0.05) is 36.5 Å². The summed E-state index contributed by atoms with van der Waals surface area (Å²) >= 11 is 5.72. The smallest absolute Gasteiger partial charge is 0.243 e. The molecule has 1 aromatic heterocycles. The fraction of sp³-hybridized carbons (Fsp3) is 0.385. The monoisotopic (exact) mass is 283 g/mol. The minimum atomic E-state index is -0.478. The van der Waals surface area contributed by atoms with E-state index in [9.17, 15) is 4.39 Å². The largest absolute Gasteiger partial charge is 0.337 e. The highest BCUT2D eigenvalue weighted by Crippen LogP contribution is 2.24. The molecule has 0 saturated carbocycles. The summed E-state index contributed by atoms with van der Waals surface area (Å²) in [5.41, 5.74) is 6.55. The van der Waals surface area contributed by atoms with Gasteiger partial charge in [-0.3, -0.25) is 0 Å². The number of halogens is 2. The van der Waals surface area contributed by atoms with E-state index in [-0.39, 0.29) is 11.1 Å². The quantitative estimate of drug-likeness (QED) is 0.908. The molecule has 1 atom stereocenters. The van der Waals surface area contributed by atoms with Gasteiger partial charge in [0.05, 0.1) is 11.1 Å². The Balaban J connectivity index is 2.18. The van der Waals surface area contributed by atoms with E-state index in [1.54, 1.807) is 6.07 Å². The molecule has 0 bridgehead atoms. The molecule has 2 N–H and O–H groups in total. The van der Waals surface area contributed by atoms with Crippen LogP contribution in [0, 0.1) is 5.82 Å². The molecular weight excluding hydrogens is 269 g/mol. The molecule has 0 aliphatic carbocycles. The van der Waals surface area contributed by atoms with Crippen LogP contribution in [-0.2, 0) is 0 Å². The van der Waals surface area contributed by atoms with Gasteiger partial charge in [-0.2, -0.15) is 4.98 Å². The Morgan fingerprint density at radius 2 is 2.26 bits per heavy atom. The van der Waals surface area contributed by atoms with Crippen molar-refractivity contribution < 1.29 is 8.91 Å². The van der Waals surface area contributed by atoms with Gasteiger partial charge in [0.1, 0.15) is 5.82 Å². The minimum Gasteiger partial charge on any atom is -0.337 e. The van der Waals surface area contributed by atoms with Crippen LogP contribution in [0.15, 0.2) is 22.7 Å². The molecular formula is C13H15ClFN3O. The predicted octanol–water partition coefficient (Wildman–Crippen LogP) is 3.72. The van der Waals surface area contributed by atoms with Crippen LogP contribution in [-0.4, -0.2) is 10.1 Å². The number of benzene rings is 1. The Morgan fingerprint density at radius 1 is 1.47 bits per heavy atom. The number of nitrogens with zero attached hydrogens (tertiary/aromatic N) is 2. The summed E-state index contributed by atoms with van der Waals surface area (Å²) < 4.78 is 18.2. The summed E-state index contributed by atoms with van der Waals surface area (Å²) in [7, 11) is 0. The van der Waals surface area contributed by atoms with Gasteiger partial charge >= 0.3 is 0 Å². The molecule has 0 amide bonds. The van der Waals surface area contributed by atoms with Crippen molar-refractivity contribution in [2.75, 3.05) is 0 Å². The average molecular weight is 284 g/mol. The summed E-state index contributed by atoms with van der Waals surface area (Å²) in [5, 5.41) is 3.87. The normalized spacial score (nSPS) is 12.6. The van der Waals surface area contributed by atoms with E-state index in [2.05, 4.69) is 17.1 Å². The summed E-state index contributed by atoms with van der Waals surface area (Å²) in [6.45, 7) is 2.09. The lowest BCUT2D eigenvalue weighted by atomic mass is 10.1. The second-order valence-corrected chi connectivity index (χ2v) is 4.74. The molecule has 1 aromatic carbocycles. The lowest BCUT2D eigenvalue weighted by Crippen LogP contribution is -2.10. The molecule has 0 radical (unpaired) electrons. The fourth-order valence-electron chi connectivity index (χ4n) is 1.69. The zero-order valence-electron chi connectivity index (χ0n) is 10.6. The second kappa shape index (κ2) is 6.12. The first kappa shape index (κ1) is 14.0. The third-order valence-corrected chi connectivity index (χ3v) is 3.10. The maximum atomic E-state index is 13.1. The number of nitrogens with two attached hydrogens (primary N) is 1. The van der Waals surface area contributed by atoms with E-state index in [1.807, 2.05) is 0 Å². The van der Waals surface area contributed by atoms with E-state index < -0.39 is 5.82 Å². The molecule has 19 heavy (non-hydrogen) atoms. The highest BCUT2D eigenvalue weighted by atomic mass is 35.5. The van der Waals surface area contributed by atoms with Crippen molar-refractivity contribution in [2.45, 2.75) is 32.2 Å². The zero-order chi connectivity index (χ0) is 13.8. The molecule has 0 saturated heterocycles. The first-order chi connectivity index (χ1) is 9.11. The van der Waals surface area contributed by atoms with Gasteiger partial charge < -0.3 is 10.3 Å². The van der Waals surface area contributed by atoms with Crippen molar-refractivity contribution in [3.8, 4) is 11.4 Å². The predicted molar refractivity (Wildman–Crippen MR) is 71.2 cm³/mol. The van der Waals surface area contributed by atoms with Crippen LogP contribution in [0.25, 0.3) is 11.4 Å². The molecule has 0 spiro atoms. The molecule has 2 rings (SSSR count). The van der Waals surface area contributed by atoms with Crippen LogP contribution in [0.4, 0.5) is 4.39 Å². The zero-order valence-corrected chi connectivity index (χ0v) is 11.3. The van der Waals surface area contributed by atoms with Crippen molar-refractivity contribution >= 4 is 11.6 Å².